The van der Waals surface area contributed by atoms with Crippen molar-refractivity contribution in [3.05, 3.63) is 30.3 Å². The summed E-state index contributed by atoms with van der Waals surface area (Å²) in [5.74, 6) is 0.884. The van der Waals surface area contributed by atoms with Crippen molar-refractivity contribution in [1.29, 1.82) is 0 Å². The third-order valence-corrected chi connectivity index (χ3v) is 4.05. The van der Waals surface area contributed by atoms with Crippen LogP contribution >= 0.6 is 35.7 Å². The average Bonchev–Trinajstić information content (AvgIpc) is 2.47. The lowest BCUT2D eigenvalue weighted by atomic mass is 10.4. The zero-order valence-electron chi connectivity index (χ0n) is 14.0. The summed E-state index contributed by atoms with van der Waals surface area (Å²) in [4.78, 5) is 7.75. The minimum Gasteiger partial charge on any atom is -0.356 e. The van der Waals surface area contributed by atoms with E-state index in [1.54, 1.807) is 0 Å². The van der Waals surface area contributed by atoms with Gasteiger partial charge in [0.2, 0.25) is 0 Å². The summed E-state index contributed by atoms with van der Waals surface area (Å²) in [5, 5.41) is 7.22. The molecule has 0 fully saturated rings. The van der Waals surface area contributed by atoms with Crippen LogP contribution in [0.3, 0.4) is 0 Å². The topological polar surface area (TPSA) is 39.7 Å². The number of nitrogens with zero attached hydrogens (tertiary/aromatic N) is 2. The van der Waals surface area contributed by atoms with Gasteiger partial charge in [0.1, 0.15) is 0 Å². The number of aliphatic imine (C=N–C) groups is 1. The standard InChI is InChI=1S/C16H28N4S.HI/c1-14(21-15-9-6-5-7-10-15)13-19-16(17-2)18-11-8-12-20(3)4;/h5-7,9-10,14H,8,11-13H2,1-4H3,(H2,17,18,19);1H. The second-order valence-electron chi connectivity index (χ2n) is 5.28. The normalized spacial score (nSPS) is 12.7. The van der Waals surface area contributed by atoms with Gasteiger partial charge >= 0.3 is 0 Å². The number of thioether (sulfide) groups is 1. The van der Waals surface area contributed by atoms with Gasteiger partial charge in [0.05, 0.1) is 0 Å². The summed E-state index contributed by atoms with van der Waals surface area (Å²) < 4.78 is 0. The van der Waals surface area contributed by atoms with E-state index < -0.39 is 0 Å². The van der Waals surface area contributed by atoms with Crippen LogP contribution in [0.25, 0.3) is 0 Å². The fourth-order valence-electron chi connectivity index (χ4n) is 1.84. The summed E-state index contributed by atoms with van der Waals surface area (Å²) in [6.07, 6.45) is 1.11. The Bertz CT molecular complexity index is 412. The maximum atomic E-state index is 4.26. The van der Waals surface area contributed by atoms with Gasteiger partial charge in [-0.15, -0.1) is 35.7 Å². The Morgan fingerprint density at radius 2 is 1.91 bits per heavy atom. The summed E-state index contributed by atoms with van der Waals surface area (Å²) in [6, 6.07) is 10.5. The molecule has 1 aromatic rings. The number of hydrogen-bond donors (Lipinski definition) is 2. The highest BCUT2D eigenvalue weighted by molar-refractivity contribution is 14.0. The van der Waals surface area contributed by atoms with E-state index in [4.69, 9.17) is 0 Å². The predicted octanol–water partition coefficient (Wildman–Crippen LogP) is 2.90. The second kappa shape index (κ2) is 13.0. The van der Waals surface area contributed by atoms with Crippen molar-refractivity contribution in [2.45, 2.75) is 23.5 Å². The highest BCUT2D eigenvalue weighted by atomic mass is 127. The minimum absolute atomic E-state index is 0. The van der Waals surface area contributed by atoms with Crippen molar-refractivity contribution >= 4 is 41.7 Å². The minimum atomic E-state index is 0. The lowest BCUT2D eigenvalue weighted by Crippen LogP contribution is -2.40. The van der Waals surface area contributed by atoms with Gasteiger partial charge in [0.15, 0.2) is 5.96 Å². The number of benzene rings is 1. The van der Waals surface area contributed by atoms with Gasteiger partial charge in [-0.25, -0.2) is 0 Å². The second-order valence-corrected chi connectivity index (χ2v) is 6.79. The molecule has 2 N–H and O–H groups in total. The molecule has 0 amide bonds. The molecule has 0 aliphatic rings. The molecule has 1 atom stereocenters. The predicted molar refractivity (Wildman–Crippen MR) is 110 cm³/mol. The van der Waals surface area contributed by atoms with E-state index in [9.17, 15) is 0 Å². The van der Waals surface area contributed by atoms with E-state index in [2.05, 4.69) is 65.8 Å². The number of nitrogens with one attached hydrogen (secondary N) is 2. The zero-order chi connectivity index (χ0) is 15.5. The Hall–Kier alpha value is -0.470. The largest absolute Gasteiger partial charge is 0.356 e. The van der Waals surface area contributed by atoms with Gasteiger partial charge in [0.25, 0.3) is 0 Å². The van der Waals surface area contributed by atoms with Gasteiger partial charge in [-0.3, -0.25) is 4.99 Å². The molecule has 1 aromatic carbocycles. The highest BCUT2D eigenvalue weighted by Gasteiger charge is 2.05. The fourth-order valence-corrected chi connectivity index (χ4v) is 2.78. The molecule has 0 bridgehead atoms. The van der Waals surface area contributed by atoms with Crippen molar-refractivity contribution in [2.75, 3.05) is 40.8 Å². The summed E-state index contributed by atoms with van der Waals surface area (Å²) in [6.45, 7) is 5.15. The number of guanidine groups is 1. The lowest BCUT2D eigenvalue weighted by Gasteiger charge is -2.16. The number of halogens is 1. The van der Waals surface area contributed by atoms with Crippen molar-refractivity contribution in [2.24, 2.45) is 4.99 Å². The van der Waals surface area contributed by atoms with E-state index in [0.29, 0.717) is 5.25 Å². The number of rotatable bonds is 8. The van der Waals surface area contributed by atoms with Crippen molar-refractivity contribution in [3.63, 3.8) is 0 Å². The molecule has 22 heavy (non-hydrogen) atoms. The summed E-state index contributed by atoms with van der Waals surface area (Å²) in [7, 11) is 6.00. The molecular weight excluding hydrogens is 407 g/mol. The molecule has 0 heterocycles. The van der Waals surface area contributed by atoms with E-state index in [1.807, 2.05) is 24.9 Å². The first-order valence-corrected chi connectivity index (χ1v) is 8.30. The first-order valence-electron chi connectivity index (χ1n) is 7.42. The molecule has 0 spiro atoms. The third kappa shape index (κ3) is 10.3. The molecule has 1 unspecified atom stereocenters. The van der Waals surface area contributed by atoms with Crippen LogP contribution in [0, 0.1) is 0 Å². The zero-order valence-corrected chi connectivity index (χ0v) is 17.2. The van der Waals surface area contributed by atoms with Gasteiger partial charge in [0, 0.05) is 30.3 Å². The highest BCUT2D eigenvalue weighted by Crippen LogP contribution is 2.21. The van der Waals surface area contributed by atoms with E-state index >= 15 is 0 Å². The van der Waals surface area contributed by atoms with Crippen LogP contribution in [0.2, 0.25) is 0 Å². The monoisotopic (exact) mass is 436 g/mol. The molecule has 0 saturated carbocycles. The molecule has 6 heteroatoms. The van der Waals surface area contributed by atoms with Gasteiger partial charge in [-0.1, -0.05) is 25.1 Å². The third-order valence-electron chi connectivity index (χ3n) is 2.94. The maximum absolute atomic E-state index is 4.26. The summed E-state index contributed by atoms with van der Waals surface area (Å²) >= 11 is 1.88. The van der Waals surface area contributed by atoms with E-state index in [0.717, 1.165) is 32.0 Å². The molecule has 126 valence electrons. The quantitative estimate of drug-likeness (QED) is 0.216. The van der Waals surface area contributed by atoms with Crippen LogP contribution in [0.1, 0.15) is 13.3 Å². The first kappa shape index (κ1) is 21.5. The lowest BCUT2D eigenvalue weighted by molar-refractivity contribution is 0.399. The Balaban J connectivity index is 0.00000441. The fraction of sp³-hybridized carbons (Fsp3) is 0.562. The Morgan fingerprint density at radius 1 is 1.23 bits per heavy atom. The molecular formula is C16H29IN4S. The average molecular weight is 436 g/mol. The van der Waals surface area contributed by atoms with E-state index in [-0.39, 0.29) is 24.0 Å². The van der Waals surface area contributed by atoms with Gasteiger partial charge in [-0.05, 0) is 39.2 Å². The van der Waals surface area contributed by atoms with Crippen molar-refractivity contribution < 1.29 is 0 Å². The first-order chi connectivity index (χ1) is 10.1. The van der Waals surface area contributed by atoms with E-state index in [1.165, 1.54) is 4.90 Å². The van der Waals surface area contributed by atoms with Crippen LogP contribution < -0.4 is 10.6 Å². The molecule has 0 aromatic heterocycles. The smallest absolute Gasteiger partial charge is 0.191 e. The molecule has 4 nitrogen and oxygen atoms in total. The van der Waals surface area contributed by atoms with Crippen LogP contribution in [0.5, 0.6) is 0 Å². The molecule has 1 rings (SSSR count). The van der Waals surface area contributed by atoms with Crippen LogP contribution in [-0.2, 0) is 0 Å². The van der Waals surface area contributed by atoms with Crippen molar-refractivity contribution in [1.82, 2.24) is 15.5 Å². The van der Waals surface area contributed by atoms with Gasteiger partial charge in [-0.2, -0.15) is 0 Å². The van der Waals surface area contributed by atoms with Crippen LogP contribution in [-0.4, -0.2) is 56.9 Å². The van der Waals surface area contributed by atoms with Gasteiger partial charge < -0.3 is 15.5 Å². The molecule has 0 saturated heterocycles. The summed E-state index contributed by atoms with van der Waals surface area (Å²) in [5.41, 5.74) is 0. The van der Waals surface area contributed by atoms with Crippen molar-refractivity contribution in [3.8, 4) is 0 Å². The molecule has 0 aliphatic carbocycles. The maximum Gasteiger partial charge on any atom is 0.191 e. The molecule has 0 aliphatic heterocycles. The Morgan fingerprint density at radius 3 is 2.50 bits per heavy atom. The SMILES string of the molecule is CN=C(NCCCN(C)C)NCC(C)Sc1ccccc1.I. The Kier molecular flexibility index (Phi) is 12.7. The molecule has 0 radical (unpaired) electrons. The Labute approximate surface area is 156 Å². The van der Waals surface area contributed by atoms with Crippen LogP contribution in [0.4, 0.5) is 0 Å². The van der Waals surface area contributed by atoms with Crippen LogP contribution in [0.15, 0.2) is 40.2 Å². The number of hydrogen-bond acceptors (Lipinski definition) is 3.